The van der Waals surface area contributed by atoms with Crippen LogP contribution in [0.25, 0.3) is 0 Å². The van der Waals surface area contributed by atoms with Crippen molar-refractivity contribution in [2.75, 3.05) is 13.2 Å². The van der Waals surface area contributed by atoms with E-state index in [0.29, 0.717) is 19.3 Å². The monoisotopic (exact) mass is 728 g/mol. The van der Waals surface area contributed by atoms with E-state index in [9.17, 15) is 55.5 Å². The lowest BCUT2D eigenvalue weighted by Gasteiger charge is -2.66. The fraction of sp³-hybridized carbons (Fsp3) is 0.886. The van der Waals surface area contributed by atoms with Gasteiger partial charge in [0.1, 0.15) is 55.6 Å². The van der Waals surface area contributed by atoms with Crippen LogP contribution in [0.5, 0.6) is 0 Å². The van der Waals surface area contributed by atoms with Crippen LogP contribution in [0.4, 0.5) is 0 Å². The number of hydrogen-bond acceptors (Lipinski definition) is 16. The first kappa shape index (κ1) is 37.7. The van der Waals surface area contributed by atoms with Crippen molar-refractivity contribution in [2.45, 2.75) is 150 Å². The van der Waals surface area contributed by atoms with Crippen molar-refractivity contribution < 1.29 is 79.2 Å². The lowest BCUT2D eigenvalue weighted by atomic mass is 9.41. The smallest absolute Gasteiger partial charge is 0.331 e. The minimum absolute atomic E-state index is 0.0164. The average Bonchev–Trinajstić information content (AvgIpc) is 3.65. The molecule has 0 aromatic heterocycles. The summed E-state index contributed by atoms with van der Waals surface area (Å²) in [5, 5.41) is 99.2. The topological polar surface area (TPSA) is 262 Å². The third kappa shape index (κ3) is 5.51. The minimum Gasteiger partial charge on any atom is -0.458 e. The van der Waals surface area contributed by atoms with Gasteiger partial charge in [-0.15, -0.1) is 0 Å². The maximum Gasteiger partial charge on any atom is 0.331 e. The SMILES string of the molecule is C[C@H]1O[C@@H](O[C@H]2CC[C@]3(C=O)[C@H]4C[C@@H](O)[C@]5(C)[C@@H](C6=CC(=O)OC6)CC[C@]5(O)[C@@H]4CC[C@]3(O)C2)[C@@H](O)[C@@H](O[C@@H]2O[C@H](CO)[C@H](O)[C@@H](O)[C@H]2O)[C@H]1O. The minimum atomic E-state index is -1.78. The summed E-state index contributed by atoms with van der Waals surface area (Å²) in [7, 11) is 0. The fourth-order valence-corrected chi connectivity index (χ4v) is 11.2. The third-order valence-electron chi connectivity index (χ3n) is 14.2. The van der Waals surface area contributed by atoms with Crippen molar-refractivity contribution in [1.29, 1.82) is 0 Å². The highest BCUT2D eigenvalue weighted by atomic mass is 16.7. The van der Waals surface area contributed by atoms with Gasteiger partial charge in [0.15, 0.2) is 12.6 Å². The van der Waals surface area contributed by atoms with Crippen molar-refractivity contribution >= 4 is 12.3 Å². The van der Waals surface area contributed by atoms with Gasteiger partial charge in [-0.2, -0.15) is 0 Å². The molecule has 3 heterocycles. The molecule has 16 heteroatoms. The Morgan fingerprint density at radius 1 is 0.882 bits per heavy atom. The van der Waals surface area contributed by atoms with Crippen molar-refractivity contribution in [1.82, 2.24) is 0 Å². The molecule has 7 aliphatic rings. The molecule has 0 amide bonds. The largest absolute Gasteiger partial charge is 0.458 e. The van der Waals surface area contributed by atoms with Gasteiger partial charge >= 0.3 is 5.97 Å². The van der Waals surface area contributed by atoms with Crippen LogP contribution < -0.4 is 0 Å². The summed E-state index contributed by atoms with van der Waals surface area (Å²) in [6.45, 7) is 2.79. The molecule has 4 aliphatic carbocycles. The zero-order valence-corrected chi connectivity index (χ0v) is 28.8. The lowest BCUT2D eigenvalue weighted by molar-refractivity contribution is -0.363. The van der Waals surface area contributed by atoms with Gasteiger partial charge < -0.3 is 74.4 Å². The summed E-state index contributed by atoms with van der Waals surface area (Å²) >= 11 is 0. The highest BCUT2D eigenvalue weighted by molar-refractivity contribution is 5.85. The normalized spacial score (nSPS) is 55.6. The molecule has 0 spiro atoms. The lowest BCUT2D eigenvalue weighted by Crippen LogP contribution is -2.71. The van der Waals surface area contributed by atoms with E-state index in [1.54, 1.807) is 0 Å². The first-order valence-corrected chi connectivity index (χ1v) is 18.1. The molecule has 288 valence electrons. The molecule has 0 unspecified atom stereocenters. The van der Waals surface area contributed by atoms with E-state index in [0.717, 1.165) is 11.9 Å². The highest BCUT2D eigenvalue weighted by Crippen LogP contribution is 2.70. The van der Waals surface area contributed by atoms with E-state index >= 15 is 0 Å². The van der Waals surface area contributed by atoms with Crippen molar-refractivity contribution in [3.05, 3.63) is 11.6 Å². The maximum atomic E-state index is 13.2. The Labute approximate surface area is 294 Å². The van der Waals surface area contributed by atoms with Gasteiger partial charge in [0.05, 0.1) is 41.5 Å². The second-order valence-electron chi connectivity index (χ2n) is 16.3. The Morgan fingerprint density at radius 2 is 1.61 bits per heavy atom. The van der Waals surface area contributed by atoms with E-state index in [1.807, 2.05) is 6.92 Å². The Hall–Kier alpha value is -1.64. The zero-order valence-electron chi connectivity index (χ0n) is 28.8. The number of cyclic esters (lactones) is 1. The van der Waals surface area contributed by atoms with Crippen LogP contribution in [0.15, 0.2) is 11.6 Å². The van der Waals surface area contributed by atoms with E-state index in [-0.39, 0.29) is 44.6 Å². The first-order chi connectivity index (χ1) is 24.0. The van der Waals surface area contributed by atoms with Gasteiger partial charge in [-0.1, -0.05) is 6.92 Å². The predicted molar refractivity (Wildman–Crippen MR) is 169 cm³/mol. The number of ether oxygens (including phenoxy) is 5. The molecule has 0 aromatic rings. The molecule has 9 N–H and O–H groups in total. The summed E-state index contributed by atoms with van der Waals surface area (Å²) in [4.78, 5) is 25.1. The molecule has 0 bridgehead atoms. The van der Waals surface area contributed by atoms with Crippen LogP contribution >= 0.6 is 0 Å². The number of carbonyl (C=O) groups is 2. The number of aliphatic hydroxyl groups is 9. The molecule has 4 saturated carbocycles. The van der Waals surface area contributed by atoms with Gasteiger partial charge in [-0.05, 0) is 75.2 Å². The first-order valence-electron chi connectivity index (χ1n) is 18.1. The van der Waals surface area contributed by atoms with Crippen molar-refractivity contribution in [3.63, 3.8) is 0 Å². The van der Waals surface area contributed by atoms with Crippen LogP contribution in [0.3, 0.4) is 0 Å². The van der Waals surface area contributed by atoms with E-state index in [1.165, 1.54) is 13.0 Å². The number of carbonyl (C=O) groups excluding carboxylic acids is 2. The molecule has 3 aliphatic heterocycles. The van der Waals surface area contributed by atoms with Crippen LogP contribution in [-0.2, 0) is 33.3 Å². The molecule has 0 radical (unpaired) electrons. The Kier molecular flexibility index (Phi) is 9.81. The summed E-state index contributed by atoms with van der Waals surface area (Å²) in [5.74, 6) is -1.66. The predicted octanol–water partition coefficient (Wildman–Crippen LogP) is -2.45. The zero-order chi connectivity index (χ0) is 36.8. The number of hydrogen-bond donors (Lipinski definition) is 9. The molecular formula is C35H52O16. The van der Waals surface area contributed by atoms with Gasteiger partial charge in [-0.3, -0.25) is 0 Å². The van der Waals surface area contributed by atoms with E-state index < -0.39 is 120 Å². The standard InChI is InChI=1S/C35H52O16/c1-15-24(40)29(51-30-27(43)26(42)25(41)21(12-36)50-30)28(44)31(48-15)49-17-3-6-33(14-37)20-10-22(38)32(2)18(16-9-23(39)47-13-16)5-8-35(32,46)19(20)4-7-34(33,45)11-17/h9,14-15,17-22,24-31,36,38,40-46H,3-8,10-13H2,1-2H3/t15-,17+,18-,19-,20+,21-,22-,24+,25+,26-,27-,28+,29+,30+,31+,32+,33+,34+,35+/m1/s1. The Bertz CT molecular complexity index is 1380. The summed E-state index contributed by atoms with van der Waals surface area (Å²) in [6.07, 6.45) is -12.4. The Balaban J connectivity index is 1.07. The van der Waals surface area contributed by atoms with Gasteiger partial charge in [0.25, 0.3) is 0 Å². The molecule has 7 rings (SSSR count). The number of fused-ring (bicyclic) bond motifs is 5. The van der Waals surface area contributed by atoms with Gasteiger partial charge in [-0.25, -0.2) is 4.79 Å². The van der Waals surface area contributed by atoms with Crippen LogP contribution in [0.2, 0.25) is 0 Å². The second-order valence-corrected chi connectivity index (χ2v) is 16.3. The van der Waals surface area contributed by atoms with E-state index in [2.05, 4.69) is 0 Å². The van der Waals surface area contributed by atoms with Gasteiger partial charge in [0, 0.05) is 17.9 Å². The van der Waals surface area contributed by atoms with Crippen molar-refractivity contribution in [2.24, 2.45) is 28.6 Å². The number of rotatable bonds is 7. The molecule has 16 nitrogen and oxygen atoms in total. The average molecular weight is 729 g/mol. The molecule has 51 heavy (non-hydrogen) atoms. The summed E-state index contributed by atoms with van der Waals surface area (Å²) in [6, 6.07) is 0. The molecule has 2 saturated heterocycles. The maximum absolute atomic E-state index is 13.2. The number of aldehydes is 1. The molecular weight excluding hydrogens is 676 g/mol. The van der Waals surface area contributed by atoms with Crippen molar-refractivity contribution in [3.8, 4) is 0 Å². The Morgan fingerprint density at radius 3 is 2.27 bits per heavy atom. The fourth-order valence-electron chi connectivity index (χ4n) is 11.2. The summed E-state index contributed by atoms with van der Waals surface area (Å²) in [5.41, 5.74) is -4.48. The van der Waals surface area contributed by atoms with Crippen LogP contribution in [0, 0.1) is 28.6 Å². The number of esters is 1. The molecule has 0 aromatic carbocycles. The highest BCUT2D eigenvalue weighted by Gasteiger charge is 2.74. The number of aliphatic hydroxyl groups excluding tert-OH is 7. The van der Waals surface area contributed by atoms with Gasteiger partial charge in [0.2, 0.25) is 0 Å². The molecule has 19 atom stereocenters. The quantitative estimate of drug-likeness (QED) is 0.0748. The third-order valence-corrected chi connectivity index (χ3v) is 14.2. The summed E-state index contributed by atoms with van der Waals surface area (Å²) < 4.78 is 28.3. The molecule has 6 fully saturated rings. The van der Waals surface area contributed by atoms with E-state index in [4.69, 9.17) is 23.7 Å². The van der Waals surface area contributed by atoms with Crippen LogP contribution in [-0.4, -0.2) is 156 Å². The van der Waals surface area contributed by atoms with Crippen LogP contribution in [0.1, 0.15) is 65.2 Å². The second kappa shape index (κ2) is 13.3.